The Morgan fingerprint density at radius 2 is 1.84 bits per heavy atom. The molecule has 0 aliphatic heterocycles. The van der Waals surface area contributed by atoms with Crippen LogP contribution >= 0.6 is 11.8 Å². The van der Waals surface area contributed by atoms with Crippen LogP contribution in [-0.2, 0) is 15.0 Å². The molecule has 0 atom stereocenters. The van der Waals surface area contributed by atoms with Gasteiger partial charge in [0.15, 0.2) is 0 Å². The van der Waals surface area contributed by atoms with Crippen molar-refractivity contribution in [2.75, 3.05) is 19.8 Å². The molecule has 0 unspecified atom stereocenters. The first kappa shape index (κ1) is 16.0. The number of carbonyl (C=O) groups is 1. The van der Waals surface area contributed by atoms with Crippen LogP contribution in [0.5, 0.6) is 0 Å². The molecule has 1 aromatic carbocycles. The fourth-order valence-corrected chi connectivity index (χ4v) is 2.16. The third-order valence-corrected chi connectivity index (χ3v) is 4.52. The molecule has 0 radical (unpaired) electrons. The van der Waals surface area contributed by atoms with Crippen molar-refractivity contribution in [3.05, 3.63) is 29.8 Å². The summed E-state index contributed by atoms with van der Waals surface area (Å²) < 4.78 is 23.7. The van der Waals surface area contributed by atoms with Crippen molar-refractivity contribution in [1.29, 1.82) is 0 Å². The zero-order chi connectivity index (χ0) is 14.5. The van der Waals surface area contributed by atoms with E-state index in [0.29, 0.717) is 0 Å². The van der Waals surface area contributed by atoms with Gasteiger partial charge in [-0.25, -0.2) is 0 Å². The van der Waals surface area contributed by atoms with Crippen molar-refractivity contribution in [1.82, 2.24) is 14.6 Å². The zero-order valence-corrected chi connectivity index (χ0v) is 12.6. The summed E-state index contributed by atoms with van der Waals surface area (Å²) in [6.45, 7) is 1.98. The molecule has 0 aromatic heterocycles. The molecule has 6 nitrogen and oxygen atoms in total. The van der Waals surface area contributed by atoms with E-state index in [1.54, 1.807) is 0 Å². The van der Waals surface area contributed by atoms with E-state index in [4.69, 9.17) is 0 Å². The van der Waals surface area contributed by atoms with Gasteiger partial charge in [0, 0.05) is 19.0 Å². The number of hydrogen-bond donors (Lipinski definition) is 2. The number of nitrogens with one attached hydrogen (secondary N) is 2. The van der Waals surface area contributed by atoms with Crippen LogP contribution in [0.1, 0.15) is 5.56 Å². The van der Waals surface area contributed by atoms with E-state index >= 15 is 0 Å². The molecule has 0 saturated heterocycles. The predicted molar refractivity (Wildman–Crippen MR) is 75.8 cm³/mol. The van der Waals surface area contributed by atoms with Gasteiger partial charge in [-0.2, -0.15) is 12.7 Å². The summed E-state index contributed by atoms with van der Waals surface area (Å²) in [4.78, 5) is 14.4. The van der Waals surface area contributed by atoms with Crippen molar-refractivity contribution in [3.63, 3.8) is 0 Å². The van der Waals surface area contributed by atoms with Crippen LogP contribution < -0.4 is 10.3 Å². The van der Waals surface area contributed by atoms with Crippen molar-refractivity contribution in [2.45, 2.75) is 11.8 Å². The predicted octanol–water partition coefficient (Wildman–Crippen LogP) is 0.514. The minimum absolute atomic E-state index is 0.138. The van der Waals surface area contributed by atoms with E-state index in [9.17, 15) is 13.2 Å². The van der Waals surface area contributed by atoms with E-state index in [-0.39, 0.29) is 5.75 Å². The standard InChI is InChI=1S/C11H17N3O3S2/c1-9-4-6-10(7-5-9)18-8-11(15)12-13-19(16,17)14(2)3/h4-7,13H,8H2,1-3H3,(H,12,15). The molecule has 0 saturated carbocycles. The Bertz CT molecular complexity index is 527. The maximum absolute atomic E-state index is 11.5. The van der Waals surface area contributed by atoms with Crippen LogP contribution in [0.2, 0.25) is 0 Å². The molecule has 1 amide bonds. The van der Waals surface area contributed by atoms with E-state index in [2.05, 4.69) is 5.43 Å². The third-order valence-electron chi connectivity index (χ3n) is 2.19. The van der Waals surface area contributed by atoms with Crippen molar-refractivity contribution >= 4 is 27.9 Å². The molecule has 1 aromatic rings. The Labute approximate surface area is 117 Å². The lowest BCUT2D eigenvalue weighted by molar-refractivity contribution is -0.119. The van der Waals surface area contributed by atoms with Crippen LogP contribution in [0, 0.1) is 6.92 Å². The van der Waals surface area contributed by atoms with Gasteiger partial charge in [-0.1, -0.05) is 17.7 Å². The Balaban J connectivity index is 2.38. The van der Waals surface area contributed by atoms with Gasteiger partial charge in [0.2, 0.25) is 5.91 Å². The summed E-state index contributed by atoms with van der Waals surface area (Å²) in [5.41, 5.74) is 3.29. The zero-order valence-electron chi connectivity index (χ0n) is 11.0. The first-order chi connectivity index (χ1) is 8.81. The SMILES string of the molecule is Cc1ccc(SCC(=O)NNS(=O)(=O)N(C)C)cc1. The first-order valence-corrected chi connectivity index (χ1v) is 7.91. The first-order valence-electron chi connectivity index (χ1n) is 5.49. The van der Waals surface area contributed by atoms with Crippen molar-refractivity contribution < 1.29 is 13.2 Å². The van der Waals surface area contributed by atoms with Crippen LogP contribution in [0.15, 0.2) is 29.2 Å². The minimum Gasteiger partial charge on any atom is -0.276 e. The summed E-state index contributed by atoms with van der Waals surface area (Å²) in [5.74, 6) is -0.269. The monoisotopic (exact) mass is 303 g/mol. The van der Waals surface area contributed by atoms with Crippen LogP contribution in [0.25, 0.3) is 0 Å². The highest BCUT2D eigenvalue weighted by atomic mass is 32.2. The Morgan fingerprint density at radius 3 is 2.37 bits per heavy atom. The maximum Gasteiger partial charge on any atom is 0.295 e. The lowest BCUT2D eigenvalue weighted by Crippen LogP contribution is -2.47. The normalized spacial score (nSPS) is 11.6. The molecular weight excluding hydrogens is 286 g/mol. The molecule has 0 bridgehead atoms. The Hall–Kier alpha value is -1.09. The highest BCUT2D eigenvalue weighted by Crippen LogP contribution is 2.17. The van der Waals surface area contributed by atoms with Gasteiger partial charge < -0.3 is 0 Å². The van der Waals surface area contributed by atoms with Crippen molar-refractivity contribution in [2.24, 2.45) is 0 Å². The number of nitrogens with zero attached hydrogens (tertiary/aromatic N) is 1. The summed E-state index contributed by atoms with van der Waals surface area (Å²) in [6.07, 6.45) is 0. The number of aryl methyl sites for hydroxylation is 1. The molecule has 1 rings (SSSR count). The summed E-state index contributed by atoms with van der Waals surface area (Å²) >= 11 is 1.34. The fraction of sp³-hybridized carbons (Fsp3) is 0.364. The second-order valence-electron chi connectivity index (χ2n) is 4.04. The van der Waals surface area contributed by atoms with Gasteiger partial charge in [-0.15, -0.1) is 16.6 Å². The van der Waals surface area contributed by atoms with Gasteiger partial charge in [-0.3, -0.25) is 10.2 Å². The second-order valence-corrected chi connectivity index (χ2v) is 6.97. The molecule has 0 heterocycles. The maximum atomic E-state index is 11.5. The van der Waals surface area contributed by atoms with Gasteiger partial charge in [-0.05, 0) is 19.1 Å². The van der Waals surface area contributed by atoms with E-state index in [1.807, 2.05) is 36.0 Å². The van der Waals surface area contributed by atoms with Gasteiger partial charge in [0.25, 0.3) is 10.2 Å². The van der Waals surface area contributed by atoms with Crippen LogP contribution in [-0.4, -0.2) is 38.5 Å². The number of amides is 1. The number of benzene rings is 1. The lowest BCUT2D eigenvalue weighted by atomic mass is 10.2. The number of hydrogen-bond acceptors (Lipinski definition) is 4. The van der Waals surface area contributed by atoms with Gasteiger partial charge in [0.1, 0.15) is 0 Å². The number of hydrazine groups is 1. The van der Waals surface area contributed by atoms with Gasteiger partial charge >= 0.3 is 0 Å². The second kappa shape index (κ2) is 6.90. The van der Waals surface area contributed by atoms with Crippen molar-refractivity contribution in [3.8, 4) is 0 Å². The average molecular weight is 303 g/mol. The molecule has 19 heavy (non-hydrogen) atoms. The molecule has 8 heteroatoms. The van der Waals surface area contributed by atoms with Gasteiger partial charge in [0.05, 0.1) is 5.75 Å². The highest BCUT2D eigenvalue weighted by Gasteiger charge is 2.13. The smallest absolute Gasteiger partial charge is 0.276 e. The molecule has 0 aliphatic carbocycles. The number of carbonyl (C=O) groups excluding carboxylic acids is 1. The molecule has 2 N–H and O–H groups in total. The molecule has 0 spiro atoms. The third kappa shape index (κ3) is 5.60. The fourth-order valence-electron chi connectivity index (χ4n) is 1.03. The van der Waals surface area contributed by atoms with Crippen LogP contribution in [0.4, 0.5) is 0 Å². The quantitative estimate of drug-likeness (QED) is 0.593. The topological polar surface area (TPSA) is 78.5 Å². The van der Waals surface area contributed by atoms with E-state index in [0.717, 1.165) is 14.8 Å². The van der Waals surface area contributed by atoms with Crippen LogP contribution in [0.3, 0.4) is 0 Å². The summed E-state index contributed by atoms with van der Waals surface area (Å²) in [6, 6.07) is 7.73. The highest BCUT2D eigenvalue weighted by molar-refractivity contribution is 8.00. The minimum atomic E-state index is -3.64. The van der Waals surface area contributed by atoms with E-state index in [1.165, 1.54) is 25.9 Å². The molecule has 0 fully saturated rings. The average Bonchev–Trinajstić information content (AvgIpc) is 2.35. The molecule has 106 valence electrons. The van der Waals surface area contributed by atoms with E-state index < -0.39 is 16.1 Å². The lowest BCUT2D eigenvalue weighted by Gasteiger charge is -2.12. The largest absolute Gasteiger partial charge is 0.295 e. The molecule has 0 aliphatic rings. The Kier molecular flexibility index (Phi) is 5.80. The Morgan fingerprint density at radius 1 is 1.26 bits per heavy atom. The summed E-state index contributed by atoms with van der Waals surface area (Å²) in [5, 5.41) is 0. The molecular formula is C11H17N3O3S2. The number of thioether (sulfide) groups is 1. The number of rotatable bonds is 6. The summed E-state index contributed by atoms with van der Waals surface area (Å²) in [7, 11) is -0.899.